The van der Waals surface area contributed by atoms with Crippen molar-refractivity contribution in [3.8, 4) is 5.75 Å². The minimum Gasteiger partial charge on any atom is -0.496 e. The van der Waals surface area contributed by atoms with Crippen LogP contribution in [0.5, 0.6) is 5.75 Å². The van der Waals surface area contributed by atoms with Gasteiger partial charge in [-0.2, -0.15) is 0 Å². The fourth-order valence-electron chi connectivity index (χ4n) is 2.53. The molecule has 1 heterocycles. The Kier molecular flexibility index (Phi) is 6.96. The zero-order valence-corrected chi connectivity index (χ0v) is 13.6. The SMILES string of the molecule is CCNC(Cc1ncc(C)c(OC)c1C)CC(C)OC. The summed E-state index contributed by atoms with van der Waals surface area (Å²) in [6.07, 6.45) is 4.00. The smallest absolute Gasteiger partial charge is 0.128 e. The van der Waals surface area contributed by atoms with Crippen LogP contribution in [0.3, 0.4) is 0 Å². The summed E-state index contributed by atoms with van der Waals surface area (Å²) in [5.74, 6) is 0.949. The van der Waals surface area contributed by atoms with E-state index in [4.69, 9.17) is 9.47 Å². The molecule has 0 bridgehead atoms. The van der Waals surface area contributed by atoms with Gasteiger partial charge in [-0.25, -0.2) is 0 Å². The van der Waals surface area contributed by atoms with Crippen molar-refractivity contribution in [1.29, 1.82) is 0 Å². The summed E-state index contributed by atoms with van der Waals surface area (Å²) in [6, 6.07) is 0.369. The van der Waals surface area contributed by atoms with Gasteiger partial charge in [-0.3, -0.25) is 4.98 Å². The summed E-state index contributed by atoms with van der Waals surface area (Å²) in [7, 11) is 3.47. The maximum absolute atomic E-state index is 5.48. The molecular formula is C16H28N2O2. The zero-order valence-electron chi connectivity index (χ0n) is 13.6. The van der Waals surface area contributed by atoms with Crippen LogP contribution in [0.2, 0.25) is 0 Å². The van der Waals surface area contributed by atoms with Crippen molar-refractivity contribution in [2.24, 2.45) is 0 Å². The number of nitrogens with one attached hydrogen (secondary N) is 1. The molecule has 0 radical (unpaired) electrons. The first-order chi connectivity index (χ1) is 9.53. The summed E-state index contributed by atoms with van der Waals surface area (Å²) >= 11 is 0. The van der Waals surface area contributed by atoms with E-state index in [0.29, 0.717) is 6.04 Å². The predicted molar refractivity (Wildman–Crippen MR) is 82.5 cm³/mol. The van der Waals surface area contributed by atoms with E-state index in [1.165, 1.54) is 0 Å². The highest BCUT2D eigenvalue weighted by Crippen LogP contribution is 2.25. The van der Waals surface area contributed by atoms with Gasteiger partial charge in [0.05, 0.1) is 13.2 Å². The van der Waals surface area contributed by atoms with E-state index in [2.05, 4.69) is 31.1 Å². The molecule has 0 aliphatic heterocycles. The summed E-state index contributed by atoms with van der Waals surface area (Å²) in [5.41, 5.74) is 3.32. The average Bonchev–Trinajstić information content (AvgIpc) is 2.42. The molecule has 0 aliphatic carbocycles. The van der Waals surface area contributed by atoms with Crippen molar-refractivity contribution in [3.63, 3.8) is 0 Å². The summed E-state index contributed by atoms with van der Waals surface area (Å²) < 4.78 is 10.8. The first-order valence-electron chi connectivity index (χ1n) is 7.28. The molecule has 1 N–H and O–H groups in total. The maximum atomic E-state index is 5.48. The topological polar surface area (TPSA) is 43.4 Å². The van der Waals surface area contributed by atoms with Crippen molar-refractivity contribution in [3.05, 3.63) is 23.0 Å². The van der Waals surface area contributed by atoms with E-state index >= 15 is 0 Å². The predicted octanol–water partition coefficient (Wildman–Crippen LogP) is 2.65. The number of hydrogen-bond acceptors (Lipinski definition) is 4. The van der Waals surface area contributed by atoms with Crippen LogP contribution in [0.4, 0.5) is 0 Å². The number of pyridine rings is 1. The molecule has 2 unspecified atom stereocenters. The largest absolute Gasteiger partial charge is 0.496 e. The average molecular weight is 280 g/mol. The van der Waals surface area contributed by atoms with Gasteiger partial charge in [0, 0.05) is 42.6 Å². The fraction of sp³-hybridized carbons (Fsp3) is 0.688. The van der Waals surface area contributed by atoms with Gasteiger partial charge in [0.2, 0.25) is 0 Å². The van der Waals surface area contributed by atoms with E-state index in [9.17, 15) is 0 Å². The van der Waals surface area contributed by atoms with E-state index in [0.717, 1.165) is 42.0 Å². The number of ether oxygens (including phenoxy) is 2. The van der Waals surface area contributed by atoms with E-state index in [1.807, 2.05) is 13.1 Å². The number of rotatable bonds is 8. The summed E-state index contributed by atoms with van der Waals surface area (Å²) in [6.45, 7) is 9.28. The third kappa shape index (κ3) is 4.46. The van der Waals surface area contributed by atoms with Gasteiger partial charge < -0.3 is 14.8 Å². The molecule has 2 atom stereocenters. The van der Waals surface area contributed by atoms with Crippen LogP contribution in [0.1, 0.15) is 37.1 Å². The lowest BCUT2D eigenvalue weighted by atomic mass is 10.0. The van der Waals surface area contributed by atoms with Crippen molar-refractivity contribution in [1.82, 2.24) is 10.3 Å². The Balaban J connectivity index is 2.88. The van der Waals surface area contributed by atoms with Crippen molar-refractivity contribution >= 4 is 0 Å². The molecule has 4 nitrogen and oxygen atoms in total. The molecule has 20 heavy (non-hydrogen) atoms. The van der Waals surface area contributed by atoms with Crippen LogP contribution in [0.25, 0.3) is 0 Å². The van der Waals surface area contributed by atoms with Gasteiger partial charge in [0.25, 0.3) is 0 Å². The normalized spacial score (nSPS) is 14.1. The third-order valence-electron chi connectivity index (χ3n) is 3.70. The third-order valence-corrected chi connectivity index (χ3v) is 3.70. The van der Waals surface area contributed by atoms with E-state index in [1.54, 1.807) is 14.2 Å². The second-order valence-electron chi connectivity index (χ2n) is 5.29. The lowest BCUT2D eigenvalue weighted by molar-refractivity contribution is 0.100. The van der Waals surface area contributed by atoms with Crippen LogP contribution in [0, 0.1) is 13.8 Å². The van der Waals surface area contributed by atoms with Crippen LogP contribution in [0.15, 0.2) is 6.20 Å². The Morgan fingerprint density at radius 2 is 2.00 bits per heavy atom. The second-order valence-corrected chi connectivity index (χ2v) is 5.29. The molecule has 0 aliphatic rings. The van der Waals surface area contributed by atoms with Gasteiger partial charge in [-0.05, 0) is 33.7 Å². The minimum absolute atomic E-state index is 0.242. The van der Waals surface area contributed by atoms with E-state index in [-0.39, 0.29) is 6.10 Å². The lowest BCUT2D eigenvalue weighted by Gasteiger charge is -2.22. The summed E-state index contributed by atoms with van der Waals surface area (Å²) in [5, 5.41) is 3.51. The second kappa shape index (κ2) is 8.22. The Morgan fingerprint density at radius 3 is 2.55 bits per heavy atom. The first-order valence-corrected chi connectivity index (χ1v) is 7.28. The number of hydrogen-bond donors (Lipinski definition) is 1. The van der Waals surface area contributed by atoms with Gasteiger partial charge >= 0.3 is 0 Å². The number of nitrogens with zero attached hydrogens (tertiary/aromatic N) is 1. The molecule has 1 aromatic heterocycles. The number of aryl methyl sites for hydroxylation is 1. The quantitative estimate of drug-likeness (QED) is 0.795. The maximum Gasteiger partial charge on any atom is 0.128 e. The van der Waals surface area contributed by atoms with Crippen LogP contribution < -0.4 is 10.1 Å². The Morgan fingerprint density at radius 1 is 1.30 bits per heavy atom. The Bertz CT molecular complexity index is 421. The molecule has 0 saturated heterocycles. The highest BCUT2D eigenvalue weighted by Gasteiger charge is 2.17. The molecule has 0 saturated carbocycles. The fourth-order valence-corrected chi connectivity index (χ4v) is 2.53. The molecular weight excluding hydrogens is 252 g/mol. The van der Waals surface area contributed by atoms with Crippen LogP contribution in [-0.4, -0.2) is 37.9 Å². The van der Waals surface area contributed by atoms with Crippen LogP contribution >= 0.6 is 0 Å². The van der Waals surface area contributed by atoms with Crippen molar-refractivity contribution in [2.75, 3.05) is 20.8 Å². The highest BCUT2D eigenvalue weighted by molar-refractivity contribution is 5.41. The molecule has 0 amide bonds. The lowest BCUT2D eigenvalue weighted by Crippen LogP contribution is -2.34. The number of methoxy groups -OCH3 is 2. The minimum atomic E-state index is 0.242. The molecule has 114 valence electrons. The molecule has 0 aromatic carbocycles. The molecule has 4 heteroatoms. The highest BCUT2D eigenvalue weighted by atomic mass is 16.5. The van der Waals surface area contributed by atoms with Gasteiger partial charge in [0.15, 0.2) is 0 Å². The number of likely N-dealkylation sites (N-methyl/N-ethyl adjacent to an activating group) is 1. The molecule has 1 rings (SSSR count). The van der Waals surface area contributed by atoms with Crippen molar-refractivity contribution in [2.45, 2.75) is 52.7 Å². The standard InChI is InChI=1S/C16H28N2O2/c1-7-17-14(8-12(3)19-5)9-15-13(4)16(20-6)11(2)10-18-15/h10,12,14,17H,7-9H2,1-6H3. The van der Waals surface area contributed by atoms with Crippen molar-refractivity contribution < 1.29 is 9.47 Å². The Hall–Kier alpha value is -1.13. The molecule has 1 aromatic rings. The molecule has 0 fully saturated rings. The van der Waals surface area contributed by atoms with Gasteiger partial charge in [0.1, 0.15) is 5.75 Å². The van der Waals surface area contributed by atoms with Gasteiger partial charge in [-0.15, -0.1) is 0 Å². The molecule has 0 spiro atoms. The zero-order chi connectivity index (χ0) is 15.1. The Labute approximate surface area is 122 Å². The van der Waals surface area contributed by atoms with Crippen LogP contribution in [-0.2, 0) is 11.2 Å². The van der Waals surface area contributed by atoms with E-state index < -0.39 is 0 Å². The monoisotopic (exact) mass is 280 g/mol. The van der Waals surface area contributed by atoms with Gasteiger partial charge in [-0.1, -0.05) is 6.92 Å². The summed E-state index contributed by atoms with van der Waals surface area (Å²) in [4.78, 5) is 4.58. The first kappa shape index (κ1) is 16.9. The number of aromatic nitrogens is 1.